The topological polar surface area (TPSA) is 21.8 Å². The minimum Gasteiger partial charge on any atom is -0.355 e. The number of rotatable bonds is 13. The van der Waals surface area contributed by atoms with Crippen LogP contribution in [0.5, 0.6) is 0 Å². The van der Waals surface area contributed by atoms with Crippen LogP contribution < -0.4 is 20.0 Å². The average molecular weight is 1430 g/mol. The van der Waals surface area contributed by atoms with Crippen LogP contribution in [-0.2, 0) is 0 Å². The van der Waals surface area contributed by atoms with Gasteiger partial charge in [-0.2, -0.15) is 0 Å². The first-order valence-corrected chi connectivity index (χ1v) is 37.6. The molecule has 2 heterocycles. The second kappa shape index (κ2) is 30.3. The maximum Gasteiger partial charge on any atom is 0.0540 e. The summed E-state index contributed by atoms with van der Waals surface area (Å²) in [5, 5.41) is 8.39. The minimum absolute atomic E-state index is 1.07. The van der Waals surface area contributed by atoms with Gasteiger partial charge in [0, 0.05) is 111 Å². The van der Waals surface area contributed by atoms with Crippen molar-refractivity contribution in [3.8, 4) is 22.3 Å². The van der Waals surface area contributed by atoms with Crippen LogP contribution in [0.4, 0.5) is 62.6 Å². The lowest BCUT2D eigenvalue weighted by molar-refractivity contribution is 1.16. The number of nitrogens with one attached hydrogen (secondary N) is 1. The molecular weight excluding hydrogens is 1370 g/mol. The van der Waals surface area contributed by atoms with Crippen molar-refractivity contribution in [2.24, 2.45) is 0 Å². The molecule has 2 aliphatic rings. The van der Waals surface area contributed by atoms with Crippen molar-refractivity contribution in [3.05, 3.63) is 393 Å². The van der Waals surface area contributed by atoms with E-state index in [4.69, 9.17) is 0 Å². The molecule has 0 unspecified atom stereocenters. The summed E-state index contributed by atoms with van der Waals surface area (Å²) >= 11 is 11.0. The molecule has 0 amide bonds. The van der Waals surface area contributed by atoms with Gasteiger partial charge in [-0.3, -0.25) is 0 Å². The number of halogens is 1. The molecule has 0 fully saturated rings. The van der Waals surface area contributed by atoms with Crippen LogP contribution in [0.1, 0.15) is 0 Å². The van der Waals surface area contributed by atoms with Crippen LogP contribution in [0, 0.1) is 0 Å². The molecule has 2 aliphatic heterocycles. The zero-order valence-electron chi connectivity index (χ0n) is 54.8. The monoisotopic (exact) mass is 1430 g/mol. The molecule has 16 aromatic rings. The number of hydrogen-bond acceptors (Lipinski definition) is 8. The van der Waals surface area contributed by atoms with Crippen molar-refractivity contribution in [1.29, 1.82) is 0 Å². The zero-order valence-corrected chi connectivity index (χ0v) is 59.7. The number of fused-ring (bicyclic) bond motifs is 6. The molecule has 0 atom stereocenters. The highest BCUT2D eigenvalue weighted by molar-refractivity contribution is 9.10. The van der Waals surface area contributed by atoms with Crippen LogP contribution in [0.25, 0.3) is 43.8 Å². The quantitative estimate of drug-likeness (QED) is 0.122. The predicted octanol–water partition coefficient (Wildman–Crippen LogP) is 28.8. The third kappa shape index (κ3) is 14.3. The summed E-state index contributed by atoms with van der Waals surface area (Å²) in [4.78, 5) is 17.6. The third-order valence-electron chi connectivity index (χ3n) is 17.7. The highest BCUT2D eigenvalue weighted by Gasteiger charge is 2.24. The van der Waals surface area contributed by atoms with Crippen LogP contribution in [0.2, 0.25) is 0 Å². The van der Waals surface area contributed by atoms with E-state index in [0.29, 0.717) is 0 Å². The van der Waals surface area contributed by atoms with Crippen LogP contribution in [-0.4, -0.2) is 0 Å². The molecule has 0 radical (unpaired) electrons. The van der Waals surface area contributed by atoms with E-state index in [1.54, 1.807) is 0 Å². The van der Waals surface area contributed by atoms with E-state index in [-0.39, 0.29) is 0 Å². The van der Waals surface area contributed by atoms with Gasteiger partial charge in [-0.05, 0) is 203 Å². The van der Waals surface area contributed by atoms with Gasteiger partial charge in [0.25, 0.3) is 0 Å². The SMILES string of the molecule is Brc1ccc(N(c2ccccc2)c2ccc(-c3cccc4c3Sc3ccccc3S4)cc2)cc1.c1ccc(N(c2ccc(-c3cccc4c3Sc3ccccc3S4)cc2)c2ccc(N(c3ccccc3)c3cccc4ccccc34)cc2)cc1.c1ccc(Nc2cccc3ccccc23)cc1. The number of benzene rings is 16. The number of para-hydroxylation sites is 4. The van der Waals surface area contributed by atoms with E-state index in [9.17, 15) is 0 Å². The molecule has 4 nitrogen and oxygen atoms in total. The zero-order chi connectivity index (χ0) is 67.7. The van der Waals surface area contributed by atoms with Crippen molar-refractivity contribution >= 4 is 147 Å². The Morgan fingerprint density at radius 2 is 0.545 bits per heavy atom. The summed E-state index contributed by atoms with van der Waals surface area (Å²) in [5.41, 5.74) is 17.4. The first kappa shape index (κ1) is 64.8. The molecule has 0 saturated carbocycles. The standard InChI is InChI=1S/C46H32N2S2.C30H20BrNS2.C16H13N/c1-3-15-35(16-4-1)47(37-27-25-34(26-28-37)41-20-12-24-45-46(41)50-44-23-10-9-22-43(44)49-45)38-29-31-39(32-30-38)48(36-17-5-2-6-18-36)42-21-11-14-33-13-7-8-19-40(33)42;31-22-15-19-25(20-16-22)32(23-7-2-1-3-8-23)24-17-13-21(14-18-24)26-9-6-12-29-30(26)34-28-11-5-4-10-27(28)33-29;1-2-9-14(10-3-1)17-16-12-6-8-13-7-4-5-11-15(13)16/h1-32H;1-20H;1-12,17H. The Kier molecular flexibility index (Phi) is 19.4. The van der Waals surface area contributed by atoms with Gasteiger partial charge in [-0.25, -0.2) is 0 Å². The lowest BCUT2D eigenvalue weighted by atomic mass is 10.0. The molecule has 1 N–H and O–H groups in total. The van der Waals surface area contributed by atoms with Gasteiger partial charge in [0.05, 0.1) is 5.69 Å². The lowest BCUT2D eigenvalue weighted by Gasteiger charge is -2.29. The summed E-state index contributed by atoms with van der Waals surface area (Å²) in [5.74, 6) is 0. The molecule has 484 valence electrons. The largest absolute Gasteiger partial charge is 0.355 e. The predicted molar refractivity (Wildman–Crippen MR) is 436 cm³/mol. The fraction of sp³-hybridized carbons (Fsp3) is 0. The summed E-state index contributed by atoms with van der Waals surface area (Å²) in [7, 11) is 0. The van der Waals surface area contributed by atoms with Crippen LogP contribution >= 0.6 is 63.0 Å². The lowest BCUT2D eigenvalue weighted by Crippen LogP contribution is -2.12. The van der Waals surface area contributed by atoms with Crippen molar-refractivity contribution < 1.29 is 0 Å². The molecular formula is C92H65BrN4S4. The molecule has 101 heavy (non-hydrogen) atoms. The molecule has 18 rings (SSSR count). The highest BCUT2D eigenvalue weighted by atomic mass is 79.9. The molecule has 0 aromatic heterocycles. The van der Waals surface area contributed by atoms with Crippen LogP contribution in [0.15, 0.2) is 432 Å². The van der Waals surface area contributed by atoms with Crippen molar-refractivity contribution in [3.63, 3.8) is 0 Å². The van der Waals surface area contributed by atoms with E-state index in [0.717, 1.165) is 67.0 Å². The molecule has 0 saturated heterocycles. The van der Waals surface area contributed by atoms with Crippen LogP contribution in [0.3, 0.4) is 0 Å². The minimum atomic E-state index is 1.07. The Balaban J connectivity index is 0.000000133. The van der Waals surface area contributed by atoms with Crippen molar-refractivity contribution in [1.82, 2.24) is 0 Å². The molecule has 0 bridgehead atoms. The van der Waals surface area contributed by atoms with Gasteiger partial charge in [0.1, 0.15) is 0 Å². The maximum atomic E-state index is 3.56. The fourth-order valence-electron chi connectivity index (χ4n) is 12.9. The fourth-order valence-corrected chi connectivity index (χ4v) is 18.0. The van der Waals surface area contributed by atoms with Gasteiger partial charge in [-0.15, -0.1) is 0 Å². The first-order chi connectivity index (χ1) is 50.0. The molecule has 16 aromatic carbocycles. The average Bonchev–Trinajstić information content (AvgIpc) is 0.784. The second-order valence-electron chi connectivity index (χ2n) is 24.2. The highest BCUT2D eigenvalue weighted by Crippen LogP contribution is 2.54. The number of nitrogens with zero attached hydrogens (tertiary/aromatic N) is 3. The van der Waals surface area contributed by atoms with Gasteiger partial charge in [0.15, 0.2) is 0 Å². The van der Waals surface area contributed by atoms with E-state index in [1.807, 2.05) is 65.2 Å². The molecule has 0 spiro atoms. The van der Waals surface area contributed by atoms with E-state index < -0.39 is 0 Å². The number of anilines is 11. The normalized spacial score (nSPS) is 11.7. The maximum absolute atomic E-state index is 3.56. The summed E-state index contributed by atoms with van der Waals surface area (Å²) < 4.78 is 1.07. The van der Waals surface area contributed by atoms with E-state index in [1.165, 1.54) is 83.0 Å². The smallest absolute Gasteiger partial charge is 0.0540 e. The van der Waals surface area contributed by atoms with E-state index in [2.05, 4.69) is 406 Å². The van der Waals surface area contributed by atoms with Gasteiger partial charge < -0.3 is 20.0 Å². The second-order valence-corrected chi connectivity index (χ2v) is 29.4. The van der Waals surface area contributed by atoms with Gasteiger partial charge in [0.2, 0.25) is 0 Å². The Bertz CT molecular complexity index is 5510. The van der Waals surface area contributed by atoms with E-state index >= 15 is 0 Å². The Hall–Kier alpha value is -10.9. The Labute approximate surface area is 616 Å². The van der Waals surface area contributed by atoms with Crippen molar-refractivity contribution in [2.45, 2.75) is 39.2 Å². The Morgan fingerprint density at radius 1 is 0.228 bits per heavy atom. The summed E-state index contributed by atoms with van der Waals surface area (Å²) in [6.07, 6.45) is 0. The van der Waals surface area contributed by atoms with Gasteiger partial charge in [-0.1, -0.05) is 281 Å². The first-order valence-electron chi connectivity index (χ1n) is 33.5. The summed E-state index contributed by atoms with van der Waals surface area (Å²) in [6.45, 7) is 0. The molecule has 9 heteroatoms. The molecule has 0 aliphatic carbocycles. The Morgan fingerprint density at radius 3 is 1.02 bits per heavy atom. The number of hydrogen-bond donors (Lipinski definition) is 1. The third-order valence-corrected chi connectivity index (χ3v) is 23.5. The van der Waals surface area contributed by atoms with Crippen molar-refractivity contribution in [2.75, 3.05) is 20.0 Å². The summed E-state index contributed by atoms with van der Waals surface area (Å²) in [6, 6.07) is 138. The van der Waals surface area contributed by atoms with Gasteiger partial charge >= 0.3 is 0 Å².